The van der Waals surface area contributed by atoms with Gasteiger partial charge in [0.15, 0.2) is 0 Å². The predicted molar refractivity (Wildman–Crippen MR) is 33.7 cm³/mol. The SMILES string of the molecule is Cn1cc(O)c([N+](=O)[O-])c1. The zero-order valence-electron chi connectivity index (χ0n) is 5.31. The lowest BCUT2D eigenvalue weighted by molar-refractivity contribution is -0.385. The highest BCUT2D eigenvalue weighted by Gasteiger charge is 2.13. The van der Waals surface area contributed by atoms with Crippen molar-refractivity contribution in [2.24, 2.45) is 7.05 Å². The molecule has 0 unspecified atom stereocenters. The van der Waals surface area contributed by atoms with Crippen molar-refractivity contribution in [1.82, 2.24) is 4.57 Å². The normalized spacial score (nSPS) is 9.70. The van der Waals surface area contributed by atoms with Crippen molar-refractivity contribution < 1.29 is 10.0 Å². The molecule has 5 heteroatoms. The van der Waals surface area contributed by atoms with Gasteiger partial charge < -0.3 is 9.67 Å². The second-order valence-electron chi connectivity index (χ2n) is 1.95. The molecule has 0 aliphatic heterocycles. The predicted octanol–water partition coefficient (Wildman–Crippen LogP) is 0.639. The van der Waals surface area contributed by atoms with Gasteiger partial charge >= 0.3 is 5.69 Å². The lowest BCUT2D eigenvalue weighted by Crippen LogP contribution is -1.85. The average Bonchev–Trinajstić information content (AvgIpc) is 2.10. The maximum absolute atomic E-state index is 10.1. The molecule has 1 heterocycles. The Bertz CT molecular complexity index is 266. The minimum atomic E-state index is -0.630. The first-order valence-electron chi connectivity index (χ1n) is 2.60. The van der Waals surface area contributed by atoms with Gasteiger partial charge in [-0.25, -0.2) is 0 Å². The van der Waals surface area contributed by atoms with Gasteiger partial charge in [-0.3, -0.25) is 10.1 Å². The number of hydrogen-bond donors (Lipinski definition) is 1. The summed E-state index contributed by atoms with van der Waals surface area (Å²) in [7, 11) is 1.60. The van der Waals surface area contributed by atoms with Crippen molar-refractivity contribution in [2.75, 3.05) is 0 Å². The molecule has 1 rings (SSSR count). The van der Waals surface area contributed by atoms with Gasteiger partial charge in [-0.2, -0.15) is 0 Å². The van der Waals surface area contributed by atoms with Crippen molar-refractivity contribution >= 4 is 5.69 Å². The van der Waals surface area contributed by atoms with Crippen LogP contribution in [-0.2, 0) is 7.05 Å². The summed E-state index contributed by atoms with van der Waals surface area (Å²) in [6, 6.07) is 0. The number of aryl methyl sites for hydroxylation is 1. The van der Waals surface area contributed by atoms with Crippen molar-refractivity contribution in [1.29, 1.82) is 0 Å². The lowest BCUT2D eigenvalue weighted by atomic mass is 10.5. The molecule has 0 aliphatic rings. The zero-order chi connectivity index (χ0) is 7.72. The van der Waals surface area contributed by atoms with E-state index >= 15 is 0 Å². The summed E-state index contributed by atoms with van der Waals surface area (Å²) in [5.41, 5.74) is -0.262. The van der Waals surface area contributed by atoms with Gasteiger partial charge in [0.1, 0.15) is 0 Å². The van der Waals surface area contributed by atoms with Crippen LogP contribution in [0.3, 0.4) is 0 Å². The summed E-state index contributed by atoms with van der Waals surface area (Å²) in [5, 5.41) is 18.9. The van der Waals surface area contributed by atoms with Gasteiger partial charge in [-0.05, 0) is 0 Å². The molecule has 0 fully saturated rings. The van der Waals surface area contributed by atoms with Crippen LogP contribution in [0.1, 0.15) is 0 Å². The van der Waals surface area contributed by atoms with Gasteiger partial charge in [0.2, 0.25) is 5.75 Å². The van der Waals surface area contributed by atoms with Crippen molar-refractivity contribution in [3.8, 4) is 5.75 Å². The fourth-order valence-corrected chi connectivity index (χ4v) is 0.696. The second kappa shape index (κ2) is 2.02. The summed E-state index contributed by atoms with van der Waals surface area (Å²) in [6.07, 6.45) is 2.52. The summed E-state index contributed by atoms with van der Waals surface area (Å²) >= 11 is 0. The van der Waals surface area contributed by atoms with Gasteiger partial charge in [0.25, 0.3) is 0 Å². The number of nitro groups is 1. The number of hydrogen-bond acceptors (Lipinski definition) is 3. The monoisotopic (exact) mass is 142 g/mol. The Morgan fingerprint density at radius 2 is 2.30 bits per heavy atom. The topological polar surface area (TPSA) is 68.3 Å². The van der Waals surface area contributed by atoms with Crippen LogP contribution in [0.5, 0.6) is 5.75 Å². The molecule has 1 aromatic rings. The van der Waals surface area contributed by atoms with Crippen molar-refractivity contribution in [3.05, 3.63) is 22.5 Å². The Morgan fingerprint density at radius 1 is 1.70 bits per heavy atom. The van der Waals surface area contributed by atoms with E-state index < -0.39 is 4.92 Å². The van der Waals surface area contributed by atoms with Crippen LogP contribution >= 0.6 is 0 Å². The van der Waals surface area contributed by atoms with Crippen LogP contribution in [0.15, 0.2) is 12.4 Å². The number of aromatic nitrogens is 1. The van der Waals surface area contributed by atoms with Crippen molar-refractivity contribution in [2.45, 2.75) is 0 Å². The molecule has 0 saturated heterocycles. The van der Waals surface area contributed by atoms with E-state index in [1.807, 2.05) is 0 Å². The molecule has 10 heavy (non-hydrogen) atoms. The molecule has 1 aromatic heterocycles. The standard InChI is InChI=1S/C5H6N2O3/c1-6-2-4(7(9)10)5(8)3-6/h2-3,8H,1H3. The van der Waals surface area contributed by atoms with E-state index in [0.717, 1.165) is 0 Å². The Morgan fingerprint density at radius 3 is 2.50 bits per heavy atom. The van der Waals surface area contributed by atoms with E-state index in [0.29, 0.717) is 0 Å². The second-order valence-corrected chi connectivity index (χ2v) is 1.95. The average molecular weight is 142 g/mol. The molecule has 1 N–H and O–H groups in total. The molecule has 5 nitrogen and oxygen atoms in total. The van der Waals surface area contributed by atoms with Gasteiger partial charge in [0.05, 0.1) is 17.3 Å². The molecular formula is C5H6N2O3. The van der Waals surface area contributed by atoms with Crippen LogP contribution in [0.2, 0.25) is 0 Å². The van der Waals surface area contributed by atoms with Crippen LogP contribution in [-0.4, -0.2) is 14.6 Å². The molecule has 54 valence electrons. The Balaban J connectivity index is 3.15. The van der Waals surface area contributed by atoms with E-state index in [1.54, 1.807) is 7.05 Å². The third-order valence-electron chi connectivity index (χ3n) is 1.11. The Kier molecular flexibility index (Phi) is 1.33. The zero-order valence-corrected chi connectivity index (χ0v) is 5.31. The minimum Gasteiger partial charge on any atom is -0.501 e. The fraction of sp³-hybridized carbons (Fsp3) is 0.200. The maximum atomic E-state index is 10.1. The number of rotatable bonds is 1. The summed E-state index contributed by atoms with van der Waals surface area (Å²) in [5.74, 6) is -0.299. The third kappa shape index (κ3) is 0.928. The lowest BCUT2D eigenvalue weighted by Gasteiger charge is -1.82. The van der Waals surface area contributed by atoms with Gasteiger partial charge in [-0.1, -0.05) is 0 Å². The minimum absolute atomic E-state index is 0.262. The quantitative estimate of drug-likeness (QED) is 0.462. The first kappa shape index (κ1) is 6.60. The summed E-state index contributed by atoms with van der Waals surface area (Å²) in [6.45, 7) is 0. The highest BCUT2D eigenvalue weighted by Crippen LogP contribution is 2.24. The summed E-state index contributed by atoms with van der Waals surface area (Å²) in [4.78, 5) is 9.44. The Hall–Kier alpha value is -1.52. The molecule has 0 amide bonds. The largest absolute Gasteiger partial charge is 0.501 e. The van der Waals surface area contributed by atoms with Crippen LogP contribution in [0, 0.1) is 10.1 Å². The molecule has 0 bridgehead atoms. The number of nitrogens with zero attached hydrogens (tertiary/aromatic N) is 2. The molecule has 0 spiro atoms. The molecule has 0 radical (unpaired) electrons. The van der Waals surface area contributed by atoms with Crippen molar-refractivity contribution in [3.63, 3.8) is 0 Å². The number of aromatic hydroxyl groups is 1. The third-order valence-corrected chi connectivity index (χ3v) is 1.11. The first-order valence-corrected chi connectivity index (χ1v) is 2.60. The van der Waals surface area contributed by atoms with E-state index in [9.17, 15) is 10.1 Å². The maximum Gasteiger partial charge on any atom is 0.328 e. The molecule has 0 atom stereocenters. The van der Waals surface area contributed by atoms with E-state index in [4.69, 9.17) is 5.11 Å². The van der Waals surface area contributed by atoms with Gasteiger partial charge in [0, 0.05) is 7.05 Å². The van der Waals surface area contributed by atoms with E-state index in [-0.39, 0.29) is 11.4 Å². The highest BCUT2D eigenvalue weighted by molar-refractivity contribution is 5.42. The van der Waals surface area contributed by atoms with Crippen LogP contribution < -0.4 is 0 Å². The van der Waals surface area contributed by atoms with Crippen LogP contribution in [0.25, 0.3) is 0 Å². The molecular weight excluding hydrogens is 136 g/mol. The Labute approximate surface area is 56.7 Å². The van der Waals surface area contributed by atoms with Crippen LogP contribution in [0.4, 0.5) is 5.69 Å². The summed E-state index contributed by atoms with van der Waals surface area (Å²) < 4.78 is 1.42. The highest BCUT2D eigenvalue weighted by atomic mass is 16.6. The molecule has 0 aromatic carbocycles. The van der Waals surface area contributed by atoms with Gasteiger partial charge in [-0.15, -0.1) is 0 Å². The molecule has 0 saturated carbocycles. The fourth-order valence-electron chi connectivity index (χ4n) is 0.696. The van der Waals surface area contributed by atoms with E-state index in [1.165, 1.54) is 17.0 Å². The first-order chi connectivity index (χ1) is 4.61. The van der Waals surface area contributed by atoms with E-state index in [2.05, 4.69) is 0 Å². The smallest absolute Gasteiger partial charge is 0.328 e. The molecule has 0 aliphatic carbocycles.